The van der Waals surface area contributed by atoms with Crippen LogP contribution >= 0.6 is 0 Å². The molecule has 0 radical (unpaired) electrons. The first kappa shape index (κ1) is 19.8. The molecule has 1 saturated heterocycles. The van der Waals surface area contributed by atoms with Gasteiger partial charge < -0.3 is 9.47 Å². The quantitative estimate of drug-likeness (QED) is 0.626. The van der Waals surface area contributed by atoms with Gasteiger partial charge in [-0.1, -0.05) is 42.5 Å². The van der Waals surface area contributed by atoms with Gasteiger partial charge in [0.25, 0.3) is 5.56 Å². The van der Waals surface area contributed by atoms with E-state index in [0.29, 0.717) is 17.4 Å². The van der Waals surface area contributed by atoms with Gasteiger partial charge >= 0.3 is 0 Å². The SMILES string of the molecule is N#Cc1cccc(-c2ccc(=O)n3c2[C@@H]2C[C@H](CN(CCCc4ccccc4)C2)C3)c1. The number of fused-ring (bicyclic) bond motifs is 4. The zero-order chi connectivity index (χ0) is 21.2. The van der Waals surface area contributed by atoms with Crippen molar-refractivity contribution in [3.63, 3.8) is 0 Å². The summed E-state index contributed by atoms with van der Waals surface area (Å²) in [6, 6.07) is 24.3. The van der Waals surface area contributed by atoms with E-state index in [2.05, 4.69) is 41.3 Å². The van der Waals surface area contributed by atoms with Crippen LogP contribution in [0.3, 0.4) is 0 Å². The molecule has 156 valence electrons. The fourth-order valence-electron chi connectivity index (χ4n) is 5.45. The second kappa shape index (κ2) is 8.53. The molecule has 4 heteroatoms. The normalized spacial score (nSPS) is 20.1. The summed E-state index contributed by atoms with van der Waals surface area (Å²) < 4.78 is 2.01. The fourth-order valence-corrected chi connectivity index (χ4v) is 5.45. The first-order valence-corrected chi connectivity index (χ1v) is 11.2. The highest BCUT2D eigenvalue weighted by Crippen LogP contribution is 2.40. The zero-order valence-electron chi connectivity index (χ0n) is 17.7. The number of rotatable bonds is 5. The molecule has 4 nitrogen and oxygen atoms in total. The second-order valence-corrected chi connectivity index (χ2v) is 8.92. The van der Waals surface area contributed by atoms with Crippen molar-refractivity contribution in [1.29, 1.82) is 5.26 Å². The van der Waals surface area contributed by atoms with E-state index in [-0.39, 0.29) is 5.56 Å². The van der Waals surface area contributed by atoms with Crippen LogP contribution in [0, 0.1) is 17.2 Å². The van der Waals surface area contributed by atoms with Crippen molar-refractivity contribution in [3.8, 4) is 17.2 Å². The lowest BCUT2D eigenvalue weighted by molar-refractivity contribution is 0.119. The van der Waals surface area contributed by atoms with Crippen LogP contribution in [0.1, 0.15) is 35.6 Å². The predicted octanol–water partition coefficient (Wildman–Crippen LogP) is 4.44. The van der Waals surface area contributed by atoms with Crippen molar-refractivity contribution in [2.24, 2.45) is 5.92 Å². The number of nitriles is 1. The Bertz CT molecular complexity index is 1180. The predicted molar refractivity (Wildman–Crippen MR) is 123 cm³/mol. The van der Waals surface area contributed by atoms with Gasteiger partial charge in [0.05, 0.1) is 11.6 Å². The van der Waals surface area contributed by atoms with Crippen molar-refractivity contribution in [3.05, 3.63) is 93.9 Å². The molecule has 31 heavy (non-hydrogen) atoms. The Balaban J connectivity index is 1.39. The molecule has 3 heterocycles. The number of likely N-dealkylation sites (tertiary alicyclic amines) is 1. The molecule has 1 fully saturated rings. The van der Waals surface area contributed by atoms with Gasteiger partial charge in [-0.25, -0.2) is 0 Å². The van der Waals surface area contributed by atoms with Gasteiger partial charge in [-0.05, 0) is 61.1 Å². The summed E-state index contributed by atoms with van der Waals surface area (Å²) in [7, 11) is 0. The number of pyridine rings is 1. The van der Waals surface area contributed by atoms with E-state index >= 15 is 0 Å². The molecule has 2 aliphatic heterocycles. The maximum Gasteiger partial charge on any atom is 0.250 e. The van der Waals surface area contributed by atoms with E-state index in [1.54, 1.807) is 6.07 Å². The molecule has 2 aliphatic rings. The van der Waals surface area contributed by atoms with Crippen LogP contribution in [-0.2, 0) is 13.0 Å². The number of piperidine rings is 1. The van der Waals surface area contributed by atoms with Crippen molar-refractivity contribution >= 4 is 0 Å². The molecule has 0 unspecified atom stereocenters. The summed E-state index contributed by atoms with van der Waals surface area (Å²) in [5, 5.41) is 9.32. The average molecular weight is 410 g/mol. The smallest absolute Gasteiger partial charge is 0.250 e. The lowest BCUT2D eigenvalue weighted by Gasteiger charge is -2.43. The molecule has 1 aromatic heterocycles. The van der Waals surface area contributed by atoms with Crippen LogP contribution in [0.2, 0.25) is 0 Å². The highest BCUT2D eigenvalue weighted by molar-refractivity contribution is 5.68. The van der Waals surface area contributed by atoms with Gasteiger partial charge in [0.15, 0.2) is 0 Å². The van der Waals surface area contributed by atoms with Crippen molar-refractivity contribution in [2.45, 2.75) is 31.7 Å². The molecule has 2 aromatic carbocycles. The van der Waals surface area contributed by atoms with E-state index in [1.807, 2.05) is 34.9 Å². The topological polar surface area (TPSA) is 49.0 Å². The van der Waals surface area contributed by atoms with Crippen LogP contribution in [0.25, 0.3) is 11.1 Å². The Labute approximate surface area is 183 Å². The third kappa shape index (κ3) is 4.06. The lowest BCUT2D eigenvalue weighted by Crippen LogP contribution is -2.47. The largest absolute Gasteiger partial charge is 0.311 e. The van der Waals surface area contributed by atoms with E-state index < -0.39 is 0 Å². The van der Waals surface area contributed by atoms with Crippen molar-refractivity contribution in [2.75, 3.05) is 19.6 Å². The van der Waals surface area contributed by atoms with Crippen molar-refractivity contribution in [1.82, 2.24) is 9.47 Å². The van der Waals surface area contributed by atoms with Crippen LogP contribution in [0.15, 0.2) is 71.5 Å². The average Bonchev–Trinajstić information content (AvgIpc) is 2.80. The van der Waals surface area contributed by atoms with E-state index in [1.165, 1.54) is 5.56 Å². The molecule has 0 saturated carbocycles. The third-order valence-electron chi connectivity index (χ3n) is 6.75. The Morgan fingerprint density at radius 2 is 1.84 bits per heavy atom. The second-order valence-electron chi connectivity index (χ2n) is 8.92. The van der Waals surface area contributed by atoms with Gasteiger partial charge in [-0.15, -0.1) is 0 Å². The first-order valence-electron chi connectivity index (χ1n) is 11.2. The van der Waals surface area contributed by atoms with Gasteiger partial charge in [-0.2, -0.15) is 5.26 Å². The Kier molecular flexibility index (Phi) is 5.44. The number of aryl methyl sites for hydroxylation is 1. The Hall–Kier alpha value is -3.16. The third-order valence-corrected chi connectivity index (χ3v) is 6.75. The summed E-state index contributed by atoms with van der Waals surface area (Å²) in [6.45, 7) is 3.97. The number of benzene rings is 2. The van der Waals surface area contributed by atoms with E-state index in [0.717, 1.165) is 62.3 Å². The highest BCUT2D eigenvalue weighted by Gasteiger charge is 2.36. The highest BCUT2D eigenvalue weighted by atomic mass is 16.1. The molecular weight excluding hydrogens is 382 g/mol. The van der Waals surface area contributed by atoms with Gasteiger partial charge in [0, 0.05) is 42.9 Å². The van der Waals surface area contributed by atoms with Gasteiger partial charge in [0.2, 0.25) is 0 Å². The zero-order valence-corrected chi connectivity index (χ0v) is 17.7. The fraction of sp³-hybridized carbons (Fsp3) is 0.333. The van der Waals surface area contributed by atoms with E-state index in [4.69, 9.17) is 0 Å². The van der Waals surface area contributed by atoms with Gasteiger partial charge in [0.1, 0.15) is 0 Å². The Morgan fingerprint density at radius 1 is 0.968 bits per heavy atom. The summed E-state index contributed by atoms with van der Waals surface area (Å²) in [6.07, 6.45) is 3.40. The Morgan fingerprint density at radius 3 is 2.68 bits per heavy atom. The van der Waals surface area contributed by atoms with Crippen LogP contribution < -0.4 is 5.56 Å². The van der Waals surface area contributed by atoms with Crippen LogP contribution in [0.5, 0.6) is 0 Å². The minimum atomic E-state index is 0.0995. The summed E-state index contributed by atoms with van der Waals surface area (Å²) in [4.78, 5) is 15.3. The molecule has 0 amide bonds. The maximum atomic E-state index is 12.7. The maximum absolute atomic E-state index is 12.7. The van der Waals surface area contributed by atoms with Gasteiger partial charge in [-0.3, -0.25) is 4.79 Å². The summed E-state index contributed by atoms with van der Waals surface area (Å²) in [5.41, 5.74) is 5.45. The van der Waals surface area contributed by atoms with E-state index in [9.17, 15) is 10.1 Å². The standard InChI is InChI=1S/C27H27N3O/c28-16-21-8-4-10-23(14-21)25-11-12-26(31)30-18-22-15-24(27(25)30)19-29(17-22)13-5-9-20-6-2-1-3-7-20/h1-4,6-8,10-12,14,22,24H,5,9,13,15,17-19H2/t22-,24-/m1/s1. The molecule has 2 atom stereocenters. The van der Waals surface area contributed by atoms with Crippen LogP contribution in [0.4, 0.5) is 0 Å². The minimum absolute atomic E-state index is 0.0995. The minimum Gasteiger partial charge on any atom is -0.311 e. The van der Waals surface area contributed by atoms with Crippen LogP contribution in [-0.4, -0.2) is 29.1 Å². The number of hydrogen-bond donors (Lipinski definition) is 0. The number of aromatic nitrogens is 1. The first-order chi connectivity index (χ1) is 15.2. The molecule has 2 bridgehead atoms. The molecule has 0 N–H and O–H groups in total. The molecule has 0 aliphatic carbocycles. The van der Waals surface area contributed by atoms with Crippen molar-refractivity contribution < 1.29 is 0 Å². The number of nitrogens with zero attached hydrogens (tertiary/aromatic N) is 3. The number of hydrogen-bond acceptors (Lipinski definition) is 3. The molecule has 5 rings (SSSR count). The summed E-state index contributed by atoms with van der Waals surface area (Å²) in [5.74, 6) is 0.889. The lowest BCUT2D eigenvalue weighted by atomic mass is 9.80. The summed E-state index contributed by atoms with van der Waals surface area (Å²) >= 11 is 0. The molecule has 0 spiro atoms. The monoisotopic (exact) mass is 409 g/mol. The molecule has 3 aromatic rings. The molecular formula is C27H27N3O.